The summed E-state index contributed by atoms with van der Waals surface area (Å²) in [4.78, 5) is 25.3. The number of rotatable bonds is 7. The summed E-state index contributed by atoms with van der Waals surface area (Å²) < 4.78 is 27.0. The molecule has 3 rings (SSSR count). The summed E-state index contributed by atoms with van der Waals surface area (Å²) in [6.07, 6.45) is 1.16. The van der Waals surface area contributed by atoms with Gasteiger partial charge < -0.3 is 10.6 Å². The monoisotopic (exact) mass is 463 g/mol. The lowest BCUT2D eigenvalue weighted by Gasteiger charge is -2.31. The predicted molar refractivity (Wildman–Crippen MR) is 119 cm³/mol. The fraction of sp³-hybridized carbons (Fsp3) is 0.364. The molecule has 0 saturated carbocycles. The molecule has 0 aliphatic carbocycles. The summed E-state index contributed by atoms with van der Waals surface area (Å²) in [5.74, 6) is -1.15. The Bertz CT molecular complexity index is 1030. The summed E-state index contributed by atoms with van der Waals surface area (Å²) in [6, 6.07) is 14.6. The summed E-state index contributed by atoms with van der Waals surface area (Å²) in [7, 11) is -3.65. The van der Waals surface area contributed by atoms with Crippen LogP contribution in [0.15, 0.2) is 59.5 Å². The molecule has 2 aromatic rings. The Kier molecular flexibility index (Phi) is 7.69. The van der Waals surface area contributed by atoms with E-state index < -0.39 is 22.0 Å². The van der Waals surface area contributed by atoms with Gasteiger partial charge in [-0.1, -0.05) is 41.9 Å². The van der Waals surface area contributed by atoms with Crippen molar-refractivity contribution in [1.29, 1.82) is 0 Å². The zero-order chi connectivity index (χ0) is 22.4. The van der Waals surface area contributed by atoms with Gasteiger partial charge in [0.2, 0.25) is 21.8 Å². The van der Waals surface area contributed by atoms with E-state index in [2.05, 4.69) is 10.6 Å². The molecule has 1 heterocycles. The molecular formula is C22H26ClN3O4S. The maximum Gasteiger partial charge on any atom is 0.243 e. The number of amides is 2. The number of carbonyl (C=O) groups is 2. The second kappa shape index (κ2) is 10.3. The number of benzene rings is 2. The quantitative estimate of drug-likeness (QED) is 0.659. The molecule has 1 unspecified atom stereocenters. The largest absolute Gasteiger partial charge is 0.350 e. The van der Waals surface area contributed by atoms with Gasteiger partial charge in [0.05, 0.1) is 10.8 Å². The Morgan fingerprint density at radius 2 is 1.90 bits per heavy atom. The van der Waals surface area contributed by atoms with Crippen LogP contribution < -0.4 is 10.6 Å². The van der Waals surface area contributed by atoms with E-state index in [-0.39, 0.29) is 23.3 Å². The van der Waals surface area contributed by atoms with Crippen LogP contribution in [-0.4, -0.2) is 43.7 Å². The highest BCUT2D eigenvalue weighted by Gasteiger charge is 2.34. The van der Waals surface area contributed by atoms with Crippen molar-refractivity contribution in [3.8, 4) is 0 Å². The van der Waals surface area contributed by atoms with Crippen LogP contribution >= 0.6 is 11.6 Å². The van der Waals surface area contributed by atoms with Gasteiger partial charge in [-0.3, -0.25) is 9.59 Å². The van der Waals surface area contributed by atoms with Gasteiger partial charge in [0.15, 0.2) is 0 Å². The Labute approximate surface area is 187 Å². The lowest BCUT2D eigenvalue weighted by atomic mass is 9.98. The Hall–Kier alpha value is -2.42. The highest BCUT2D eigenvalue weighted by atomic mass is 35.5. The Balaban J connectivity index is 1.55. The standard InChI is InChI=1S/C22H26ClN3O4S/c1-16(21(27)24-14-17-7-5-9-19(23)13-17)25-22(28)18-8-6-12-26(15-18)31(29,30)20-10-3-2-4-11-20/h2-5,7,9-11,13,16,18H,6,8,12,14-15H2,1H3,(H,24,27)(H,25,28)/t16-,18?/m0/s1. The highest BCUT2D eigenvalue weighted by molar-refractivity contribution is 7.89. The third kappa shape index (κ3) is 6.06. The zero-order valence-electron chi connectivity index (χ0n) is 17.3. The fourth-order valence-corrected chi connectivity index (χ4v) is 5.26. The van der Waals surface area contributed by atoms with E-state index >= 15 is 0 Å². The lowest BCUT2D eigenvalue weighted by Crippen LogP contribution is -2.50. The van der Waals surface area contributed by atoms with E-state index in [0.717, 1.165) is 5.56 Å². The van der Waals surface area contributed by atoms with Crippen LogP contribution in [0.2, 0.25) is 5.02 Å². The SMILES string of the molecule is C[C@H](NC(=O)C1CCCN(S(=O)(=O)c2ccccc2)C1)C(=O)NCc1cccc(Cl)c1. The number of carbonyl (C=O) groups excluding carboxylic acids is 2. The number of sulfonamides is 1. The molecule has 9 heteroatoms. The van der Waals surface area contributed by atoms with Crippen molar-refractivity contribution in [2.45, 2.75) is 37.2 Å². The van der Waals surface area contributed by atoms with E-state index in [1.165, 1.54) is 4.31 Å². The maximum absolute atomic E-state index is 12.9. The number of hydrogen-bond donors (Lipinski definition) is 2. The van der Waals surface area contributed by atoms with Gasteiger partial charge in [-0.25, -0.2) is 8.42 Å². The normalized spacial score (nSPS) is 18.2. The first-order chi connectivity index (χ1) is 14.8. The summed E-state index contributed by atoms with van der Waals surface area (Å²) in [5, 5.41) is 6.06. The molecule has 1 saturated heterocycles. The average Bonchev–Trinajstić information content (AvgIpc) is 2.78. The second-order valence-electron chi connectivity index (χ2n) is 7.59. The van der Waals surface area contributed by atoms with Crippen LogP contribution in [-0.2, 0) is 26.2 Å². The lowest BCUT2D eigenvalue weighted by molar-refractivity contribution is -0.131. The van der Waals surface area contributed by atoms with Crippen LogP contribution in [0.1, 0.15) is 25.3 Å². The molecule has 31 heavy (non-hydrogen) atoms. The zero-order valence-corrected chi connectivity index (χ0v) is 18.8. The molecule has 166 valence electrons. The Morgan fingerprint density at radius 1 is 1.16 bits per heavy atom. The third-order valence-corrected chi connectivity index (χ3v) is 7.36. The maximum atomic E-state index is 12.9. The van der Waals surface area contributed by atoms with Crippen LogP contribution in [0.4, 0.5) is 0 Å². The molecule has 2 atom stereocenters. The molecule has 1 aliphatic heterocycles. The molecule has 0 bridgehead atoms. The summed E-state index contributed by atoms with van der Waals surface area (Å²) in [6.45, 7) is 2.37. The van der Waals surface area contributed by atoms with Gasteiger partial charge >= 0.3 is 0 Å². The van der Waals surface area contributed by atoms with E-state index in [4.69, 9.17) is 11.6 Å². The van der Waals surface area contributed by atoms with Gasteiger partial charge in [0, 0.05) is 24.7 Å². The van der Waals surface area contributed by atoms with Crippen molar-refractivity contribution in [1.82, 2.24) is 14.9 Å². The molecule has 2 amide bonds. The molecule has 0 aromatic heterocycles. The third-order valence-electron chi connectivity index (χ3n) is 5.24. The molecule has 1 fully saturated rings. The van der Waals surface area contributed by atoms with Gasteiger partial charge in [0.25, 0.3) is 0 Å². The van der Waals surface area contributed by atoms with Crippen molar-refractivity contribution >= 4 is 33.4 Å². The van der Waals surface area contributed by atoms with Crippen LogP contribution in [0, 0.1) is 5.92 Å². The highest BCUT2D eigenvalue weighted by Crippen LogP contribution is 2.24. The van der Waals surface area contributed by atoms with E-state index in [0.29, 0.717) is 31.0 Å². The van der Waals surface area contributed by atoms with E-state index in [1.54, 1.807) is 55.5 Å². The predicted octanol–water partition coefficient (Wildman–Crippen LogP) is 2.56. The number of nitrogens with zero attached hydrogens (tertiary/aromatic N) is 1. The number of hydrogen-bond acceptors (Lipinski definition) is 4. The van der Waals surface area contributed by atoms with Crippen molar-refractivity contribution in [2.24, 2.45) is 5.92 Å². The van der Waals surface area contributed by atoms with Gasteiger partial charge in [-0.15, -0.1) is 0 Å². The minimum absolute atomic E-state index is 0.0971. The summed E-state index contributed by atoms with van der Waals surface area (Å²) >= 11 is 5.94. The van der Waals surface area contributed by atoms with E-state index in [1.807, 2.05) is 6.07 Å². The van der Waals surface area contributed by atoms with Crippen LogP contribution in [0.3, 0.4) is 0 Å². The topological polar surface area (TPSA) is 95.6 Å². The molecule has 0 spiro atoms. The first-order valence-corrected chi connectivity index (χ1v) is 12.0. The van der Waals surface area contributed by atoms with Crippen molar-refractivity contribution in [3.63, 3.8) is 0 Å². The van der Waals surface area contributed by atoms with E-state index in [9.17, 15) is 18.0 Å². The van der Waals surface area contributed by atoms with Crippen LogP contribution in [0.5, 0.6) is 0 Å². The smallest absolute Gasteiger partial charge is 0.243 e. The molecular weight excluding hydrogens is 438 g/mol. The minimum Gasteiger partial charge on any atom is -0.350 e. The summed E-state index contributed by atoms with van der Waals surface area (Å²) in [5.41, 5.74) is 0.855. The first kappa shape index (κ1) is 23.2. The molecule has 7 nitrogen and oxygen atoms in total. The van der Waals surface area contributed by atoms with Crippen molar-refractivity contribution < 1.29 is 18.0 Å². The molecule has 1 aliphatic rings. The second-order valence-corrected chi connectivity index (χ2v) is 9.97. The number of halogens is 1. The fourth-order valence-electron chi connectivity index (χ4n) is 3.50. The van der Waals surface area contributed by atoms with Crippen molar-refractivity contribution in [3.05, 3.63) is 65.2 Å². The first-order valence-electron chi connectivity index (χ1n) is 10.1. The van der Waals surface area contributed by atoms with Crippen LogP contribution in [0.25, 0.3) is 0 Å². The van der Waals surface area contributed by atoms with Crippen molar-refractivity contribution in [2.75, 3.05) is 13.1 Å². The molecule has 2 N–H and O–H groups in total. The van der Waals surface area contributed by atoms with Gasteiger partial charge in [-0.2, -0.15) is 4.31 Å². The number of nitrogens with one attached hydrogen (secondary N) is 2. The Morgan fingerprint density at radius 3 is 2.61 bits per heavy atom. The average molecular weight is 464 g/mol. The number of piperidine rings is 1. The van der Waals surface area contributed by atoms with Gasteiger partial charge in [0.1, 0.15) is 6.04 Å². The minimum atomic E-state index is -3.65. The van der Waals surface area contributed by atoms with Gasteiger partial charge in [-0.05, 0) is 49.6 Å². The molecule has 2 aromatic carbocycles. The molecule has 0 radical (unpaired) electrons.